The molecule has 1 heterocycles. The van der Waals surface area contributed by atoms with Gasteiger partial charge in [-0.1, -0.05) is 32.0 Å². The summed E-state index contributed by atoms with van der Waals surface area (Å²) in [7, 11) is 0. The average Bonchev–Trinajstić information content (AvgIpc) is 2.55. The highest BCUT2D eigenvalue weighted by Crippen LogP contribution is 2.38. The van der Waals surface area contributed by atoms with Crippen LogP contribution in [0.5, 0.6) is 0 Å². The van der Waals surface area contributed by atoms with Crippen molar-refractivity contribution >= 4 is 28.6 Å². The molecular formula is C19H24N2O2S. The second-order valence-corrected chi connectivity index (χ2v) is 8.32. The van der Waals surface area contributed by atoms with E-state index < -0.39 is 0 Å². The van der Waals surface area contributed by atoms with Crippen molar-refractivity contribution in [1.29, 1.82) is 0 Å². The Morgan fingerprint density at radius 2 is 2.12 bits per heavy atom. The number of rotatable bonds is 6. The predicted molar refractivity (Wildman–Crippen MR) is 99.0 cm³/mol. The summed E-state index contributed by atoms with van der Waals surface area (Å²) in [5.41, 5.74) is 1.98. The number of hydrogen-bond donors (Lipinski definition) is 2. The SMILES string of the molecule is CC(C)SCC(=O)N[C@H](c1cnc2ccccc2c1)C1CC(O)C1. The largest absolute Gasteiger partial charge is 0.393 e. The molecule has 1 atom stereocenters. The summed E-state index contributed by atoms with van der Waals surface area (Å²) < 4.78 is 0. The van der Waals surface area contributed by atoms with E-state index in [0.29, 0.717) is 11.0 Å². The molecule has 1 aliphatic rings. The molecule has 5 heteroatoms. The number of para-hydroxylation sites is 1. The molecule has 0 saturated heterocycles. The van der Waals surface area contributed by atoms with Gasteiger partial charge in [0.15, 0.2) is 0 Å². The highest BCUT2D eigenvalue weighted by atomic mass is 32.2. The van der Waals surface area contributed by atoms with Crippen molar-refractivity contribution in [2.75, 3.05) is 5.75 Å². The van der Waals surface area contributed by atoms with Gasteiger partial charge in [0.1, 0.15) is 0 Å². The molecule has 0 bridgehead atoms. The monoisotopic (exact) mass is 344 g/mol. The van der Waals surface area contributed by atoms with Gasteiger partial charge in [0.25, 0.3) is 0 Å². The number of amides is 1. The van der Waals surface area contributed by atoms with Crippen molar-refractivity contribution in [2.45, 2.75) is 44.1 Å². The highest BCUT2D eigenvalue weighted by Gasteiger charge is 2.35. The Balaban J connectivity index is 1.79. The molecule has 0 spiro atoms. The van der Waals surface area contributed by atoms with Crippen molar-refractivity contribution in [2.24, 2.45) is 5.92 Å². The van der Waals surface area contributed by atoms with Crippen LogP contribution in [-0.2, 0) is 4.79 Å². The Kier molecular flexibility index (Phi) is 5.41. The summed E-state index contributed by atoms with van der Waals surface area (Å²) in [6.45, 7) is 4.18. The Bertz CT molecular complexity index is 713. The topological polar surface area (TPSA) is 62.2 Å². The molecule has 1 saturated carbocycles. The number of benzene rings is 1. The maximum Gasteiger partial charge on any atom is 0.230 e. The molecule has 1 aliphatic carbocycles. The maximum absolute atomic E-state index is 12.3. The van der Waals surface area contributed by atoms with E-state index in [9.17, 15) is 9.90 Å². The van der Waals surface area contributed by atoms with Crippen LogP contribution in [0.15, 0.2) is 36.5 Å². The van der Waals surface area contributed by atoms with Crippen molar-refractivity contribution in [3.05, 3.63) is 42.1 Å². The standard InChI is InChI=1S/C19H24N2O2S/c1-12(2)24-11-18(23)21-19(14-8-16(22)9-14)15-7-13-5-3-4-6-17(13)20-10-15/h3-7,10,12,14,16,19,22H,8-9,11H2,1-2H3,(H,21,23)/t14?,16?,19-/m0/s1. The summed E-state index contributed by atoms with van der Waals surface area (Å²) in [5.74, 6) is 0.786. The number of aliphatic hydroxyl groups is 1. The van der Waals surface area contributed by atoms with Gasteiger partial charge < -0.3 is 10.4 Å². The summed E-state index contributed by atoms with van der Waals surface area (Å²) in [5, 5.41) is 14.3. The Morgan fingerprint density at radius 1 is 1.38 bits per heavy atom. The number of aliphatic hydroxyl groups excluding tert-OH is 1. The van der Waals surface area contributed by atoms with E-state index in [4.69, 9.17) is 0 Å². The maximum atomic E-state index is 12.3. The number of nitrogens with zero attached hydrogens (tertiary/aromatic N) is 1. The molecule has 24 heavy (non-hydrogen) atoms. The molecule has 4 nitrogen and oxygen atoms in total. The van der Waals surface area contributed by atoms with Gasteiger partial charge in [-0.2, -0.15) is 0 Å². The van der Waals surface area contributed by atoms with Crippen LogP contribution in [0, 0.1) is 5.92 Å². The summed E-state index contributed by atoms with van der Waals surface area (Å²) in [4.78, 5) is 16.8. The lowest BCUT2D eigenvalue weighted by molar-refractivity contribution is -0.120. The highest BCUT2D eigenvalue weighted by molar-refractivity contribution is 8.00. The number of aromatic nitrogens is 1. The minimum Gasteiger partial charge on any atom is -0.393 e. The molecule has 1 fully saturated rings. The van der Waals surface area contributed by atoms with E-state index in [1.807, 2.05) is 30.5 Å². The molecule has 1 aromatic carbocycles. The first-order valence-electron chi connectivity index (χ1n) is 8.46. The van der Waals surface area contributed by atoms with E-state index in [-0.39, 0.29) is 24.0 Å². The minimum atomic E-state index is -0.243. The number of thioether (sulfide) groups is 1. The molecule has 2 N–H and O–H groups in total. The quantitative estimate of drug-likeness (QED) is 0.844. The van der Waals surface area contributed by atoms with Crippen LogP contribution >= 0.6 is 11.8 Å². The molecule has 0 aliphatic heterocycles. The first-order chi connectivity index (χ1) is 11.5. The van der Waals surface area contributed by atoms with Gasteiger partial charge in [-0.25, -0.2) is 0 Å². The zero-order valence-electron chi connectivity index (χ0n) is 14.1. The third-order valence-corrected chi connectivity index (χ3v) is 5.55. The lowest BCUT2D eigenvalue weighted by Crippen LogP contribution is -2.42. The van der Waals surface area contributed by atoms with Crippen LogP contribution in [0.3, 0.4) is 0 Å². The van der Waals surface area contributed by atoms with Crippen LogP contribution < -0.4 is 5.32 Å². The fourth-order valence-electron chi connectivity index (χ4n) is 3.09. The smallest absolute Gasteiger partial charge is 0.230 e. The number of fused-ring (bicyclic) bond motifs is 1. The lowest BCUT2D eigenvalue weighted by atomic mass is 9.75. The molecule has 0 radical (unpaired) electrons. The van der Waals surface area contributed by atoms with Crippen LogP contribution in [0.2, 0.25) is 0 Å². The number of pyridine rings is 1. The van der Waals surface area contributed by atoms with Crippen molar-refractivity contribution in [3.8, 4) is 0 Å². The van der Waals surface area contributed by atoms with Gasteiger partial charge in [-0.3, -0.25) is 9.78 Å². The van der Waals surface area contributed by atoms with E-state index in [0.717, 1.165) is 29.3 Å². The summed E-state index contributed by atoms with van der Waals surface area (Å²) in [6, 6.07) is 10.0. The van der Waals surface area contributed by atoms with E-state index in [2.05, 4.69) is 30.2 Å². The van der Waals surface area contributed by atoms with Gasteiger partial charge in [0.05, 0.1) is 23.4 Å². The van der Waals surface area contributed by atoms with Crippen LogP contribution in [0.25, 0.3) is 10.9 Å². The Hall–Kier alpha value is -1.59. The first kappa shape index (κ1) is 17.2. The normalized spacial score (nSPS) is 21.5. The number of nitrogens with one attached hydrogen (secondary N) is 1. The summed E-state index contributed by atoms with van der Waals surface area (Å²) in [6.07, 6.45) is 3.07. The van der Waals surface area contributed by atoms with Crippen LogP contribution in [0.4, 0.5) is 0 Å². The van der Waals surface area contributed by atoms with Crippen molar-refractivity contribution < 1.29 is 9.90 Å². The molecule has 2 aromatic rings. The van der Waals surface area contributed by atoms with Gasteiger partial charge in [-0.15, -0.1) is 11.8 Å². The zero-order valence-corrected chi connectivity index (χ0v) is 14.9. The average molecular weight is 344 g/mol. The van der Waals surface area contributed by atoms with Crippen molar-refractivity contribution in [1.82, 2.24) is 10.3 Å². The predicted octanol–water partition coefficient (Wildman–Crippen LogP) is 3.30. The molecule has 3 rings (SSSR count). The second-order valence-electron chi connectivity index (χ2n) is 6.75. The Morgan fingerprint density at radius 3 is 2.83 bits per heavy atom. The third-order valence-electron chi connectivity index (χ3n) is 4.46. The van der Waals surface area contributed by atoms with Crippen LogP contribution in [0.1, 0.15) is 38.3 Å². The molecule has 1 amide bonds. The van der Waals surface area contributed by atoms with Gasteiger partial charge in [0.2, 0.25) is 5.91 Å². The lowest BCUT2D eigenvalue weighted by Gasteiger charge is -2.38. The first-order valence-corrected chi connectivity index (χ1v) is 9.51. The van der Waals surface area contributed by atoms with E-state index in [1.54, 1.807) is 11.8 Å². The fourth-order valence-corrected chi connectivity index (χ4v) is 3.66. The molecular weight excluding hydrogens is 320 g/mol. The third kappa shape index (κ3) is 4.08. The molecule has 0 unspecified atom stereocenters. The number of carbonyl (C=O) groups excluding carboxylic acids is 1. The van der Waals surface area contributed by atoms with Crippen LogP contribution in [-0.4, -0.2) is 33.1 Å². The summed E-state index contributed by atoms with van der Waals surface area (Å²) >= 11 is 1.64. The molecule has 1 aromatic heterocycles. The van der Waals surface area contributed by atoms with Gasteiger partial charge in [0, 0.05) is 11.6 Å². The fraction of sp³-hybridized carbons (Fsp3) is 0.474. The second kappa shape index (κ2) is 7.53. The Labute approximate surface area is 147 Å². The van der Waals surface area contributed by atoms with Gasteiger partial charge >= 0.3 is 0 Å². The number of carbonyl (C=O) groups is 1. The van der Waals surface area contributed by atoms with E-state index in [1.165, 1.54) is 0 Å². The zero-order chi connectivity index (χ0) is 17.1. The number of hydrogen-bond acceptors (Lipinski definition) is 4. The van der Waals surface area contributed by atoms with Crippen molar-refractivity contribution in [3.63, 3.8) is 0 Å². The van der Waals surface area contributed by atoms with Gasteiger partial charge in [-0.05, 0) is 41.7 Å². The van der Waals surface area contributed by atoms with E-state index >= 15 is 0 Å². The molecule has 128 valence electrons. The minimum absolute atomic E-state index is 0.0493.